The minimum absolute atomic E-state index is 0.0857. The number of hydrogen-bond donors (Lipinski definition) is 0. The van der Waals surface area contributed by atoms with Gasteiger partial charge in [0.15, 0.2) is 5.69 Å². The second kappa shape index (κ2) is 7.27. The van der Waals surface area contributed by atoms with Crippen molar-refractivity contribution in [2.75, 3.05) is 0 Å². The van der Waals surface area contributed by atoms with Crippen molar-refractivity contribution in [3.63, 3.8) is 0 Å². The molecule has 3 aromatic rings. The second-order valence-corrected chi connectivity index (χ2v) is 8.35. The Morgan fingerprint density at radius 1 is 1.26 bits per heavy atom. The largest absolute Gasteiger partial charge is 0.330 e. The van der Waals surface area contributed by atoms with Crippen LogP contribution < -0.4 is 5.56 Å². The predicted molar refractivity (Wildman–Crippen MR) is 108 cm³/mol. The van der Waals surface area contributed by atoms with E-state index in [0.29, 0.717) is 29.6 Å². The molecule has 2 heterocycles. The number of thiophene rings is 1. The molecule has 0 unspecified atom stereocenters. The summed E-state index contributed by atoms with van der Waals surface area (Å²) in [5.74, 6) is 0.182. The van der Waals surface area contributed by atoms with Gasteiger partial charge in [0.05, 0.1) is 5.39 Å². The maximum atomic E-state index is 13.5. The van der Waals surface area contributed by atoms with E-state index in [4.69, 9.17) is 0 Å². The highest BCUT2D eigenvalue weighted by atomic mass is 32.1. The van der Waals surface area contributed by atoms with Crippen LogP contribution in [0.4, 0.5) is 0 Å². The quantitative estimate of drug-likeness (QED) is 0.650. The van der Waals surface area contributed by atoms with Gasteiger partial charge in [-0.05, 0) is 47.2 Å². The van der Waals surface area contributed by atoms with Gasteiger partial charge in [0.2, 0.25) is 0 Å². The molecule has 1 aromatic carbocycles. The molecule has 27 heavy (non-hydrogen) atoms. The van der Waals surface area contributed by atoms with E-state index in [9.17, 15) is 9.59 Å². The molecule has 2 aromatic heterocycles. The third-order valence-electron chi connectivity index (χ3n) is 4.79. The highest BCUT2D eigenvalue weighted by Crippen LogP contribution is 2.31. The lowest BCUT2D eigenvalue weighted by Crippen LogP contribution is -2.36. The minimum atomic E-state index is -0.133. The monoisotopic (exact) mass is 381 g/mol. The lowest BCUT2D eigenvalue weighted by Gasteiger charge is -2.23. The summed E-state index contributed by atoms with van der Waals surface area (Å²) in [6.07, 6.45) is 2.05. The number of benzene rings is 1. The zero-order chi connectivity index (χ0) is 19.0. The summed E-state index contributed by atoms with van der Waals surface area (Å²) in [4.78, 5) is 28.2. The van der Waals surface area contributed by atoms with Crippen LogP contribution in [-0.4, -0.2) is 26.6 Å². The first-order valence-electron chi connectivity index (χ1n) is 9.36. The van der Waals surface area contributed by atoms with Crippen molar-refractivity contribution < 1.29 is 4.79 Å². The number of rotatable bonds is 6. The van der Waals surface area contributed by atoms with Crippen molar-refractivity contribution in [1.82, 2.24) is 14.7 Å². The number of nitrogens with zero attached hydrogens (tertiary/aromatic N) is 3. The van der Waals surface area contributed by atoms with Crippen LogP contribution in [-0.2, 0) is 13.1 Å². The summed E-state index contributed by atoms with van der Waals surface area (Å²) in [6, 6.07) is 9.62. The van der Waals surface area contributed by atoms with E-state index >= 15 is 0 Å². The van der Waals surface area contributed by atoms with Crippen molar-refractivity contribution in [3.8, 4) is 0 Å². The van der Waals surface area contributed by atoms with Crippen LogP contribution >= 0.6 is 11.3 Å². The van der Waals surface area contributed by atoms with E-state index in [1.165, 1.54) is 4.68 Å². The maximum Gasteiger partial charge on any atom is 0.275 e. The number of carbonyl (C=O) groups is 1. The normalized spacial score (nSPS) is 14.0. The molecule has 0 atom stereocenters. The minimum Gasteiger partial charge on any atom is -0.330 e. The first-order chi connectivity index (χ1) is 13.0. The van der Waals surface area contributed by atoms with Gasteiger partial charge in [-0.1, -0.05) is 32.0 Å². The molecule has 0 aliphatic heterocycles. The molecule has 4 rings (SSSR count). The summed E-state index contributed by atoms with van der Waals surface area (Å²) in [5.41, 5.74) is 1.39. The molecule has 0 spiro atoms. The molecule has 140 valence electrons. The molecule has 0 saturated heterocycles. The summed E-state index contributed by atoms with van der Waals surface area (Å²) in [5, 5.41) is 9.82. The van der Waals surface area contributed by atoms with E-state index in [2.05, 4.69) is 16.5 Å². The standard InChI is InChI=1S/C21H23N3O2S/c1-14(2)11-24-20(25)18-6-4-3-5-17(18)19(22-24)21(26)23(16-7-8-16)12-15-9-10-27-13-15/h3-6,9-10,13-14,16H,7-8,11-12H2,1-2H3. The summed E-state index contributed by atoms with van der Waals surface area (Å²) in [7, 11) is 0. The third kappa shape index (κ3) is 3.67. The Hall–Kier alpha value is -2.47. The zero-order valence-electron chi connectivity index (χ0n) is 15.6. The van der Waals surface area contributed by atoms with Gasteiger partial charge in [0.25, 0.3) is 11.5 Å². The molecule has 1 amide bonds. The molecule has 0 N–H and O–H groups in total. The zero-order valence-corrected chi connectivity index (χ0v) is 16.4. The second-order valence-electron chi connectivity index (χ2n) is 7.57. The fourth-order valence-electron chi connectivity index (χ4n) is 3.33. The summed E-state index contributed by atoms with van der Waals surface area (Å²) < 4.78 is 1.45. The Labute approximate surface area is 162 Å². The van der Waals surface area contributed by atoms with Crippen molar-refractivity contribution in [3.05, 3.63) is 62.7 Å². The van der Waals surface area contributed by atoms with Crippen molar-refractivity contribution in [1.29, 1.82) is 0 Å². The molecule has 0 radical (unpaired) electrons. The molecular weight excluding hydrogens is 358 g/mol. The predicted octanol–water partition coefficient (Wildman–Crippen LogP) is 3.92. The van der Waals surface area contributed by atoms with Gasteiger partial charge >= 0.3 is 0 Å². The Kier molecular flexibility index (Phi) is 4.83. The Morgan fingerprint density at radius 3 is 2.63 bits per heavy atom. The van der Waals surface area contributed by atoms with Gasteiger partial charge in [-0.3, -0.25) is 9.59 Å². The Balaban J connectivity index is 1.80. The first-order valence-corrected chi connectivity index (χ1v) is 10.3. The topological polar surface area (TPSA) is 55.2 Å². The average molecular weight is 382 g/mol. The van der Waals surface area contributed by atoms with Gasteiger partial charge in [0, 0.05) is 24.5 Å². The van der Waals surface area contributed by atoms with E-state index in [1.54, 1.807) is 17.4 Å². The molecular formula is C21H23N3O2S. The molecule has 6 heteroatoms. The SMILES string of the molecule is CC(C)Cn1nc(C(=O)N(Cc2ccsc2)C2CC2)c2ccccc2c1=O. The van der Waals surface area contributed by atoms with Gasteiger partial charge in [-0.25, -0.2) is 4.68 Å². The molecule has 5 nitrogen and oxygen atoms in total. The maximum absolute atomic E-state index is 13.5. The van der Waals surface area contributed by atoms with E-state index < -0.39 is 0 Å². The smallest absolute Gasteiger partial charge is 0.275 e. The molecule has 1 fully saturated rings. The Bertz CT molecular complexity index is 1020. The van der Waals surface area contributed by atoms with Crippen LogP contribution in [0.1, 0.15) is 42.7 Å². The molecule has 1 saturated carbocycles. The highest BCUT2D eigenvalue weighted by molar-refractivity contribution is 7.07. The van der Waals surface area contributed by atoms with Crippen LogP contribution in [0.15, 0.2) is 45.9 Å². The molecule has 1 aliphatic carbocycles. The fraction of sp³-hybridized carbons (Fsp3) is 0.381. The molecule has 0 bridgehead atoms. The third-order valence-corrected chi connectivity index (χ3v) is 5.52. The van der Waals surface area contributed by atoms with Crippen LogP contribution in [0.25, 0.3) is 10.8 Å². The number of aromatic nitrogens is 2. The number of fused-ring (bicyclic) bond motifs is 1. The van der Waals surface area contributed by atoms with Crippen molar-refractivity contribution in [2.24, 2.45) is 5.92 Å². The van der Waals surface area contributed by atoms with Crippen LogP contribution in [0.3, 0.4) is 0 Å². The number of amides is 1. The van der Waals surface area contributed by atoms with Gasteiger partial charge in [0.1, 0.15) is 0 Å². The van der Waals surface area contributed by atoms with Gasteiger partial charge in [-0.2, -0.15) is 16.4 Å². The fourth-order valence-corrected chi connectivity index (χ4v) is 3.99. The van der Waals surface area contributed by atoms with Crippen LogP contribution in [0, 0.1) is 5.92 Å². The Morgan fingerprint density at radius 2 is 2.00 bits per heavy atom. The lowest BCUT2D eigenvalue weighted by atomic mass is 10.1. The lowest BCUT2D eigenvalue weighted by molar-refractivity contribution is 0.0723. The number of hydrogen-bond acceptors (Lipinski definition) is 4. The van der Waals surface area contributed by atoms with E-state index in [-0.39, 0.29) is 23.4 Å². The van der Waals surface area contributed by atoms with E-state index in [0.717, 1.165) is 18.4 Å². The van der Waals surface area contributed by atoms with Crippen molar-refractivity contribution >= 4 is 28.0 Å². The van der Waals surface area contributed by atoms with Gasteiger partial charge in [-0.15, -0.1) is 0 Å². The first kappa shape index (κ1) is 17.9. The van der Waals surface area contributed by atoms with E-state index in [1.807, 2.05) is 42.3 Å². The highest BCUT2D eigenvalue weighted by Gasteiger charge is 2.34. The van der Waals surface area contributed by atoms with Crippen LogP contribution in [0.5, 0.6) is 0 Å². The van der Waals surface area contributed by atoms with Crippen LogP contribution in [0.2, 0.25) is 0 Å². The number of carbonyl (C=O) groups excluding carboxylic acids is 1. The summed E-state index contributed by atoms with van der Waals surface area (Å²) in [6.45, 7) is 5.17. The van der Waals surface area contributed by atoms with Gasteiger partial charge < -0.3 is 4.90 Å². The molecule has 1 aliphatic rings. The summed E-state index contributed by atoms with van der Waals surface area (Å²) >= 11 is 1.64. The average Bonchev–Trinajstić information content (AvgIpc) is 3.37. The van der Waals surface area contributed by atoms with Crippen molar-refractivity contribution in [2.45, 2.75) is 45.8 Å².